The van der Waals surface area contributed by atoms with Crippen LogP contribution in [0, 0.1) is 6.92 Å². The summed E-state index contributed by atoms with van der Waals surface area (Å²) in [5, 5.41) is 4.64. The van der Waals surface area contributed by atoms with Crippen molar-refractivity contribution in [2.24, 2.45) is 5.73 Å². The minimum Gasteiger partial charge on any atom is -0.327 e. The molecule has 3 rings (SSSR count). The second-order valence-corrected chi connectivity index (χ2v) is 5.82. The molecule has 0 saturated heterocycles. The quantitative estimate of drug-likeness (QED) is 0.909. The molecule has 2 aromatic rings. The molecule has 1 aliphatic rings. The van der Waals surface area contributed by atoms with Crippen molar-refractivity contribution in [1.82, 2.24) is 14.8 Å². The summed E-state index contributed by atoms with van der Waals surface area (Å²) in [5.41, 5.74) is 9.55. The molecule has 1 atom stereocenters. The summed E-state index contributed by atoms with van der Waals surface area (Å²) in [7, 11) is 0. The molecule has 1 aliphatic carbocycles. The number of hydrogen-bond donors (Lipinski definition) is 1. The summed E-state index contributed by atoms with van der Waals surface area (Å²) in [6, 6.07) is 4.50. The molecule has 2 heterocycles. The highest BCUT2D eigenvalue weighted by Crippen LogP contribution is 2.39. The van der Waals surface area contributed by atoms with E-state index in [1.165, 1.54) is 24.1 Å². The van der Waals surface area contributed by atoms with Crippen LogP contribution < -0.4 is 5.73 Å². The molecule has 4 heteroatoms. The van der Waals surface area contributed by atoms with E-state index in [4.69, 9.17) is 5.73 Å². The molecule has 1 saturated carbocycles. The van der Waals surface area contributed by atoms with Gasteiger partial charge in [-0.25, -0.2) is 9.67 Å². The molecule has 0 aromatic carbocycles. The summed E-state index contributed by atoms with van der Waals surface area (Å²) in [4.78, 5) is 4.57. The highest BCUT2D eigenvalue weighted by molar-refractivity contribution is 5.35. The average molecular weight is 270 g/mol. The molecule has 1 unspecified atom stereocenters. The average Bonchev–Trinajstić information content (AvgIpc) is 3.17. The second-order valence-electron chi connectivity index (χ2n) is 5.82. The lowest BCUT2D eigenvalue weighted by atomic mass is 10.1. The fraction of sp³-hybridized carbons (Fsp3) is 0.500. The smallest absolute Gasteiger partial charge is 0.156 e. The first kappa shape index (κ1) is 13.3. The third kappa shape index (κ3) is 2.75. The normalized spacial score (nSPS) is 16.4. The van der Waals surface area contributed by atoms with Gasteiger partial charge in [0.25, 0.3) is 0 Å². The predicted octanol–water partition coefficient (Wildman–Crippen LogP) is 2.73. The van der Waals surface area contributed by atoms with Gasteiger partial charge in [0.1, 0.15) is 0 Å². The van der Waals surface area contributed by atoms with Gasteiger partial charge in [0.2, 0.25) is 0 Å². The van der Waals surface area contributed by atoms with Crippen LogP contribution in [0.2, 0.25) is 0 Å². The van der Waals surface area contributed by atoms with Gasteiger partial charge in [0.15, 0.2) is 5.82 Å². The number of rotatable bonds is 5. The Bertz CT molecular complexity index is 598. The third-order valence-electron chi connectivity index (χ3n) is 3.95. The van der Waals surface area contributed by atoms with E-state index in [1.54, 1.807) is 0 Å². The van der Waals surface area contributed by atoms with E-state index in [-0.39, 0.29) is 6.04 Å². The molecule has 1 fully saturated rings. The minimum absolute atomic E-state index is 0.216. The molecule has 20 heavy (non-hydrogen) atoms. The number of pyridine rings is 1. The van der Waals surface area contributed by atoms with Crippen LogP contribution in [0.3, 0.4) is 0 Å². The van der Waals surface area contributed by atoms with E-state index in [2.05, 4.69) is 36.1 Å². The van der Waals surface area contributed by atoms with Gasteiger partial charge in [0.05, 0.1) is 5.69 Å². The van der Waals surface area contributed by atoms with Crippen molar-refractivity contribution in [3.05, 3.63) is 41.3 Å². The Morgan fingerprint density at radius 2 is 2.25 bits per heavy atom. The van der Waals surface area contributed by atoms with E-state index in [0.717, 1.165) is 24.2 Å². The largest absolute Gasteiger partial charge is 0.327 e. The Kier molecular flexibility index (Phi) is 3.57. The first-order valence-electron chi connectivity index (χ1n) is 7.44. The van der Waals surface area contributed by atoms with Gasteiger partial charge in [-0.2, -0.15) is 5.10 Å². The van der Waals surface area contributed by atoms with Gasteiger partial charge in [-0.05, 0) is 49.8 Å². The lowest BCUT2D eigenvalue weighted by Gasteiger charge is -2.11. The molecule has 0 radical (unpaired) electrons. The van der Waals surface area contributed by atoms with Crippen LogP contribution in [-0.2, 0) is 6.42 Å². The van der Waals surface area contributed by atoms with Gasteiger partial charge in [-0.1, -0.05) is 13.0 Å². The lowest BCUT2D eigenvalue weighted by molar-refractivity contribution is 0.644. The zero-order valence-corrected chi connectivity index (χ0v) is 12.2. The second kappa shape index (κ2) is 5.37. The molecule has 4 nitrogen and oxygen atoms in total. The summed E-state index contributed by atoms with van der Waals surface area (Å²) in [6.45, 7) is 4.20. The number of nitrogens with two attached hydrogens (primary N) is 1. The van der Waals surface area contributed by atoms with Gasteiger partial charge in [-0.15, -0.1) is 0 Å². The Balaban J connectivity index is 1.82. The van der Waals surface area contributed by atoms with Crippen molar-refractivity contribution in [1.29, 1.82) is 0 Å². The number of nitrogens with zero attached hydrogens (tertiary/aromatic N) is 3. The molecule has 2 N–H and O–H groups in total. The van der Waals surface area contributed by atoms with Crippen LogP contribution in [0.1, 0.15) is 48.9 Å². The van der Waals surface area contributed by atoms with Crippen LogP contribution in [-0.4, -0.2) is 20.8 Å². The molecule has 0 spiro atoms. The zero-order valence-electron chi connectivity index (χ0n) is 12.2. The van der Waals surface area contributed by atoms with Crippen LogP contribution in [0.4, 0.5) is 0 Å². The van der Waals surface area contributed by atoms with Crippen molar-refractivity contribution in [3.8, 4) is 5.82 Å². The number of hydrogen-bond acceptors (Lipinski definition) is 3. The zero-order chi connectivity index (χ0) is 14.1. The van der Waals surface area contributed by atoms with Gasteiger partial charge in [0, 0.05) is 24.4 Å². The SMILES string of the molecule is CCC(N)Cc1cnc(-n2ccc(C3CC3)n2)c(C)c1. The van der Waals surface area contributed by atoms with Gasteiger partial charge in [-0.3, -0.25) is 0 Å². The standard InChI is InChI=1S/C16H22N4/c1-3-14(17)9-12-8-11(2)16(18-10-12)20-7-6-15(19-20)13-4-5-13/h6-8,10,13-14H,3-5,9,17H2,1-2H3. The molecule has 0 amide bonds. The van der Waals surface area contributed by atoms with Gasteiger partial charge < -0.3 is 5.73 Å². The Labute approximate surface area is 120 Å². The molecule has 106 valence electrons. The first-order valence-corrected chi connectivity index (χ1v) is 7.44. The van der Waals surface area contributed by atoms with E-state index in [1.807, 2.05) is 17.1 Å². The summed E-state index contributed by atoms with van der Waals surface area (Å²) in [5.74, 6) is 1.60. The maximum atomic E-state index is 6.00. The Morgan fingerprint density at radius 1 is 1.45 bits per heavy atom. The van der Waals surface area contributed by atoms with E-state index < -0.39 is 0 Å². The van der Waals surface area contributed by atoms with Gasteiger partial charge >= 0.3 is 0 Å². The molecule has 0 aliphatic heterocycles. The van der Waals surface area contributed by atoms with E-state index >= 15 is 0 Å². The summed E-state index contributed by atoms with van der Waals surface area (Å²) < 4.78 is 1.90. The summed E-state index contributed by atoms with van der Waals surface area (Å²) >= 11 is 0. The van der Waals surface area contributed by atoms with Crippen LogP contribution in [0.5, 0.6) is 0 Å². The third-order valence-corrected chi connectivity index (χ3v) is 3.95. The molecule has 2 aromatic heterocycles. The predicted molar refractivity (Wildman–Crippen MR) is 80.0 cm³/mol. The maximum Gasteiger partial charge on any atom is 0.156 e. The minimum atomic E-state index is 0.216. The fourth-order valence-electron chi connectivity index (χ4n) is 2.48. The number of aromatic nitrogens is 3. The first-order chi connectivity index (χ1) is 9.67. The topological polar surface area (TPSA) is 56.7 Å². The Morgan fingerprint density at radius 3 is 2.90 bits per heavy atom. The van der Waals surface area contributed by atoms with Crippen molar-refractivity contribution in [2.45, 2.75) is 51.5 Å². The highest BCUT2D eigenvalue weighted by atomic mass is 15.3. The van der Waals surface area contributed by atoms with Crippen molar-refractivity contribution in [3.63, 3.8) is 0 Å². The van der Waals surface area contributed by atoms with E-state index in [0.29, 0.717) is 5.92 Å². The number of aryl methyl sites for hydroxylation is 1. The van der Waals surface area contributed by atoms with Crippen LogP contribution >= 0.6 is 0 Å². The van der Waals surface area contributed by atoms with Crippen LogP contribution in [0.15, 0.2) is 24.5 Å². The lowest BCUT2D eigenvalue weighted by Crippen LogP contribution is -2.21. The monoisotopic (exact) mass is 270 g/mol. The molecular formula is C16H22N4. The van der Waals surface area contributed by atoms with Crippen molar-refractivity contribution >= 4 is 0 Å². The maximum absolute atomic E-state index is 6.00. The Hall–Kier alpha value is -1.68. The van der Waals surface area contributed by atoms with Crippen molar-refractivity contribution in [2.75, 3.05) is 0 Å². The van der Waals surface area contributed by atoms with Crippen LogP contribution in [0.25, 0.3) is 5.82 Å². The molecular weight excluding hydrogens is 248 g/mol. The molecule has 0 bridgehead atoms. The fourth-order valence-corrected chi connectivity index (χ4v) is 2.48. The summed E-state index contributed by atoms with van der Waals surface area (Å²) in [6.07, 6.45) is 8.37. The van der Waals surface area contributed by atoms with E-state index in [9.17, 15) is 0 Å². The van der Waals surface area contributed by atoms with Crippen molar-refractivity contribution < 1.29 is 0 Å². The highest BCUT2D eigenvalue weighted by Gasteiger charge is 2.26.